The van der Waals surface area contributed by atoms with Crippen LogP contribution in [-0.4, -0.2) is 40.4 Å². The van der Waals surface area contributed by atoms with Crippen LogP contribution in [0, 0.1) is 6.92 Å². The van der Waals surface area contributed by atoms with Crippen LogP contribution in [0.5, 0.6) is 0 Å². The van der Waals surface area contributed by atoms with Gasteiger partial charge < -0.3 is 10.2 Å². The van der Waals surface area contributed by atoms with Gasteiger partial charge in [-0.2, -0.15) is 0 Å². The third-order valence-electron chi connectivity index (χ3n) is 3.82. The van der Waals surface area contributed by atoms with Crippen molar-refractivity contribution in [1.82, 2.24) is 14.9 Å². The Labute approximate surface area is 158 Å². The van der Waals surface area contributed by atoms with Gasteiger partial charge in [0.25, 0.3) is 5.91 Å². The molecule has 0 aliphatic carbocycles. The molecule has 0 spiro atoms. The third-order valence-corrected chi connectivity index (χ3v) is 4.40. The topological polar surface area (TPSA) is 58.1 Å². The Kier molecular flexibility index (Phi) is 7.02. The zero-order chi connectivity index (χ0) is 18.4. The van der Waals surface area contributed by atoms with Crippen LogP contribution >= 0.6 is 23.2 Å². The minimum Gasteiger partial charge on any atom is -0.354 e. The smallest absolute Gasteiger partial charge is 0.272 e. The number of hydrogen-bond acceptors (Lipinski definition) is 4. The highest BCUT2D eigenvalue weighted by Gasteiger charge is 2.15. The molecule has 1 N–H and O–H groups in total. The van der Waals surface area contributed by atoms with Crippen LogP contribution in [0.15, 0.2) is 24.3 Å². The van der Waals surface area contributed by atoms with Crippen LogP contribution in [0.2, 0.25) is 10.0 Å². The second-order valence-electron chi connectivity index (χ2n) is 5.61. The zero-order valence-electron chi connectivity index (χ0n) is 14.6. The summed E-state index contributed by atoms with van der Waals surface area (Å²) in [6.45, 7) is 7.65. The second kappa shape index (κ2) is 9.02. The SMILES string of the molecule is CCN(CC)C(=O)c1cc(C)nc(NCCc2ccc(Cl)cc2Cl)n1. The molecule has 1 aromatic carbocycles. The number of aryl methyl sites for hydroxylation is 1. The molecule has 0 saturated carbocycles. The maximum absolute atomic E-state index is 12.5. The molecule has 134 valence electrons. The van der Waals surface area contributed by atoms with E-state index in [9.17, 15) is 4.79 Å². The molecule has 7 heteroatoms. The van der Waals surface area contributed by atoms with E-state index in [4.69, 9.17) is 23.2 Å². The summed E-state index contributed by atoms with van der Waals surface area (Å²) in [5, 5.41) is 4.41. The van der Waals surface area contributed by atoms with Gasteiger partial charge >= 0.3 is 0 Å². The molecule has 1 aromatic heterocycles. The fourth-order valence-electron chi connectivity index (χ4n) is 2.46. The lowest BCUT2D eigenvalue weighted by Crippen LogP contribution is -2.31. The lowest BCUT2D eigenvalue weighted by molar-refractivity contribution is 0.0767. The van der Waals surface area contributed by atoms with Crippen molar-refractivity contribution in [3.63, 3.8) is 0 Å². The largest absolute Gasteiger partial charge is 0.354 e. The molecule has 0 fully saturated rings. The Morgan fingerprint density at radius 1 is 1.16 bits per heavy atom. The number of rotatable bonds is 7. The van der Waals surface area contributed by atoms with Crippen molar-refractivity contribution < 1.29 is 4.79 Å². The van der Waals surface area contributed by atoms with E-state index in [2.05, 4.69) is 15.3 Å². The molecule has 1 heterocycles. The van der Waals surface area contributed by atoms with Gasteiger partial charge in [0.1, 0.15) is 5.69 Å². The molecule has 2 rings (SSSR count). The first-order valence-electron chi connectivity index (χ1n) is 8.27. The molecule has 5 nitrogen and oxygen atoms in total. The van der Waals surface area contributed by atoms with E-state index in [1.54, 1.807) is 17.0 Å². The molecule has 25 heavy (non-hydrogen) atoms. The molecule has 0 saturated heterocycles. The molecule has 0 aliphatic rings. The van der Waals surface area contributed by atoms with E-state index < -0.39 is 0 Å². The first-order chi connectivity index (χ1) is 11.9. The summed E-state index contributed by atoms with van der Waals surface area (Å²) in [5.41, 5.74) is 2.14. The molecule has 0 radical (unpaired) electrons. The van der Waals surface area contributed by atoms with Crippen LogP contribution < -0.4 is 5.32 Å². The molecular weight excluding hydrogens is 359 g/mol. The van der Waals surface area contributed by atoms with Crippen molar-refractivity contribution in [3.05, 3.63) is 51.3 Å². The Bertz CT molecular complexity index is 748. The summed E-state index contributed by atoms with van der Waals surface area (Å²) in [6, 6.07) is 7.15. The number of nitrogens with zero attached hydrogens (tertiary/aromatic N) is 3. The average molecular weight is 381 g/mol. The normalized spacial score (nSPS) is 10.6. The van der Waals surface area contributed by atoms with Crippen LogP contribution in [0.4, 0.5) is 5.95 Å². The first-order valence-corrected chi connectivity index (χ1v) is 9.03. The number of amides is 1. The van der Waals surface area contributed by atoms with Gasteiger partial charge in [-0.3, -0.25) is 4.79 Å². The van der Waals surface area contributed by atoms with Gasteiger partial charge in [-0.25, -0.2) is 9.97 Å². The van der Waals surface area contributed by atoms with Gasteiger partial charge in [-0.05, 0) is 51.0 Å². The first kappa shape index (κ1) is 19.5. The van der Waals surface area contributed by atoms with Crippen molar-refractivity contribution in [1.29, 1.82) is 0 Å². The van der Waals surface area contributed by atoms with Crippen molar-refractivity contribution in [2.75, 3.05) is 25.0 Å². The maximum Gasteiger partial charge on any atom is 0.272 e. The van der Waals surface area contributed by atoms with Crippen LogP contribution in [-0.2, 0) is 6.42 Å². The van der Waals surface area contributed by atoms with E-state index in [0.717, 1.165) is 11.3 Å². The number of anilines is 1. The van der Waals surface area contributed by atoms with Gasteiger partial charge in [0.2, 0.25) is 5.95 Å². The van der Waals surface area contributed by atoms with E-state index in [1.165, 1.54) is 0 Å². The number of benzene rings is 1. The third kappa shape index (κ3) is 5.31. The Balaban J connectivity index is 2.06. The summed E-state index contributed by atoms with van der Waals surface area (Å²) in [4.78, 5) is 22.9. The average Bonchev–Trinajstić information content (AvgIpc) is 2.57. The number of carbonyl (C=O) groups excluding carboxylic acids is 1. The summed E-state index contributed by atoms with van der Waals surface area (Å²) < 4.78 is 0. The van der Waals surface area contributed by atoms with Gasteiger partial charge in [0, 0.05) is 35.4 Å². The highest BCUT2D eigenvalue weighted by molar-refractivity contribution is 6.35. The number of hydrogen-bond donors (Lipinski definition) is 1. The molecule has 1 amide bonds. The molecule has 2 aromatic rings. The maximum atomic E-state index is 12.5. The predicted molar refractivity (Wildman–Crippen MR) is 103 cm³/mol. The molecule has 0 aliphatic heterocycles. The Morgan fingerprint density at radius 3 is 2.52 bits per heavy atom. The standard InChI is InChI=1S/C18H22Cl2N4O/c1-4-24(5-2)17(25)16-10-12(3)22-18(23-16)21-9-8-13-6-7-14(19)11-15(13)20/h6-7,10-11H,4-5,8-9H2,1-3H3,(H,21,22,23). The van der Waals surface area contributed by atoms with Gasteiger partial charge in [-0.15, -0.1) is 0 Å². The van der Waals surface area contributed by atoms with Gasteiger partial charge in [0.05, 0.1) is 0 Å². The highest BCUT2D eigenvalue weighted by Crippen LogP contribution is 2.21. The van der Waals surface area contributed by atoms with E-state index in [0.29, 0.717) is 47.7 Å². The van der Waals surface area contributed by atoms with Gasteiger partial charge in [0.15, 0.2) is 0 Å². The van der Waals surface area contributed by atoms with Crippen molar-refractivity contribution >= 4 is 35.1 Å². The van der Waals surface area contributed by atoms with Crippen LogP contribution in [0.25, 0.3) is 0 Å². The minimum absolute atomic E-state index is 0.0840. The Hall–Kier alpha value is -1.85. The second-order valence-corrected chi connectivity index (χ2v) is 6.45. The highest BCUT2D eigenvalue weighted by atomic mass is 35.5. The number of aromatic nitrogens is 2. The fraction of sp³-hybridized carbons (Fsp3) is 0.389. The summed E-state index contributed by atoms with van der Waals surface area (Å²) >= 11 is 12.1. The van der Waals surface area contributed by atoms with E-state index >= 15 is 0 Å². The molecule has 0 atom stereocenters. The van der Waals surface area contributed by atoms with E-state index in [1.807, 2.05) is 32.9 Å². The zero-order valence-corrected chi connectivity index (χ0v) is 16.2. The van der Waals surface area contributed by atoms with Crippen molar-refractivity contribution in [2.45, 2.75) is 27.2 Å². The number of nitrogens with one attached hydrogen (secondary N) is 1. The molecule has 0 bridgehead atoms. The fourth-order valence-corrected chi connectivity index (χ4v) is 2.97. The Morgan fingerprint density at radius 2 is 1.88 bits per heavy atom. The van der Waals surface area contributed by atoms with Crippen LogP contribution in [0.1, 0.15) is 35.6 Å². The van der Waals surface area contributed by atoms with Gasteiger partial charge in [-0.1, -0.05) is 29.3 Å². The van der Waals surface area contributed by atoms with Crippen LogP contribution in [0.3, 0.4) is 0 Å². The number of carbonyl (C=O) groups is 1. The van der Waals surface area contributed by atoms with Crippen molar-refractivity contribution in [2.24, 2.45) is 0 Å². The predicted octanol–water partition coefficient (Wildman–Crippen LogP) is 4.23. The quantitative estimate of drug-likeness (QED) is 0.780. The summed E-state index contributed by atoms with van der Waals surface area (Å²) in [6.07, 6.45) is 0.701. The summed E-state index contributed by atoms with van der Waals surface area (Å²) in [5.74, 6) is 0.361. The molecular formula is C18H22Cl2N4O. The molecule has 0 unspecified atom stereocenters. The van der Waals surface area contributed by atoms with E-state index in [-0.39, 0.29) is 5.91 Å². The lowest BCUT2D eigenvalue weighted by atomic mass is 10.1. The monoisotopic (exact) mass is 380 g/mol. The summed E-state index contributed by atoms with van der Waals surface area (Å²) in [7, 11) is 0. The lowest BCUT2D eigenvalue weighted by Gasteiger charge is -2.18. The minimum atomic E-state index is -0.0840. The van der Waals surface area contributed by atoms with Crippen molar-refractivity contribution in [3.8, 4) is 0 Å². The number of halogens is 2.